The molecule has 1 unspecified atom stereocenters. The lowest BCUT2D eigenvalue weighted by molar-refractivity contribution is 0.0470. The van der Waals surface area contributed by atoms with Gasteiger partial charge in [-0.3, -0.25) is 14.4 Å². The number of β-amino-alcohol motifs (C(OH)–C–C–N with tert-alkyl or cyclic N) is 1. The van der Waals surface area contributed by atoms with Crippen LogP contribution in [0.1, 0.15) is 63.6 Å². The number of carbonyl (C=O) groups is 2. The molecule has 0 bridgehead atoms. The normalized spacial score (nSPS) is 21.4. The van der Waals surface area contributed by atoms with Gasteiger partial charge in [-0.2, -0.15) is 0 Å². The van der Waals surface area contributed by atoms with E-state index in [1.54, 1.807) is 20.4 Å². The number of piperidine rings is 1. The fraction of sp³-hybridized carbons (Fsp3) is 0.500. The summed E-state index contributed by atoms with van der Waals surface area (Å²) in [4.78, 5) is 42.7. The minimum absolute atomic E-state index is 0.120. The summed E-state index contributed by atoms with van der Waals surface area (Å²) in [6.07, 6.45) is 7.90. The molecule has 0 aromatic carbocycles. The third kappa shape index (κ3) is 3.35. The highest BCUT2D eigenvalue weighted by molar-refractivity contribution is 5.96. The predicted octanol–water partition coefficient (Wildman–Crippen LogP) is 1.57. The molecular weight excluding hydrogens is 386 g/mol. The van der Waals surface area contributed by atoms with Crippen LogP contribution in [0.2, 0.25) is 0 Å². The van der Waals surface area contributed by atoms with Crippen molar-refractivity contribution < 1.29 is 19.1 Å². The van der Waals surface area contributed by atoms with Gasteiger partial charge < -0.3 is 23.9 Å². The summed E-state index contributed by atoms with van der Waals surface area (Å²) in [5.74, 6) is -0.412. The van der Waals surface area contributed by atoms with Crippen LogP contribution in [-0.4, -0.2) is 57.0 Å². The van der Waals surface area contributed by atoms with Crippen LogP contribution < -0.4 is 5.56 Å². The van der Waals surface area contributed by atoms with E-state index < -0.39 is 6.10 Å². The maximum Gasteiger partial charge on any atom is 0.263 e. The van der Waals surface area contributed by atoms with Crippen molar-refractivity contribution in [1.82, 2.24) is 14.4 Å². The lowest BCUT2D eigenvalue weighted by atomic mass is 9.94. The van der Waals surface area contributed by atoms with Crippen LogP contribution in [0.5, 0.6) is 0 Å². The highest BCUT2D eigenvalue weighted by Crippen LogP contribution is 2.35. The number of amides is 2. The predicted molar refractivity (Wildman–Crippen MR) is 107 cm³/mol. The molecule has 4 heterocycles. The van der Waals surface area contributed by atoms with Crippen LogP contribution in [0, 0.1) is 0 Å². The summed E-state index contributed by atoms with van der Waals surface area (Å²) in [5.41, 5.74) is 2.08. The van der Waals surface area contributed by atoms with E-state index in [-0.39, 0.29) is 35.5 Å². The number of likely N-dealkylation sites (tertiary alicyclic amines) is 1. The van der Waals surface area contributed by atoms with Gasteiger partial charge in [-0.05, 0) is 49.3 Å². The third-order valence-electron chi connectivity index (χ3n) is 6.32. The molecule has 2 amide bonds. The van der Waals surface area contributed by atoms with E-state index in [4.69, 9.17) is 4.42 Å². The van der Waals surface area contributed by atoms with Gasteiger partial charge >= 0.3 is 0 Å². The Bertz CT molecular complexity index is 1040. The highest BCUT2D eigenvalue weighted by Gasteiger charge is 2.34. The number of hydrogen-bond donors (Lipinski definition) is 1. The van der Waals surface area contributed by atoms with Gasteiger partial charge in [0.15, 0.2) is 0 Å². The van der Waals surface area contributed by atoms with Gasteiger partial charge in [0.2, 0.25) is 0 Å². The molecule has 2 fully saturated rings. The molecule has 2 aliphatic heterocycles. The first-order chi connectivity index (χ1) is 14.5. The Morgan fingerprint density at radius 1 is 1.10 bits per heavy atom. The van der Waals surface area contributed by atoms with Gasteiger partial charge in [-0.25, -0.2) is 0 Å². The number of aliphatic hydroxyl groups is 1. The summed E-state index contributed by atoms with van der Waals surface area (Å²) < 4.78 is 6.71. The molecule has 0 spiro atoms. The molecule has 3 aliphatic rings. The second-order valence-electron chi connectivity index (χ2n) is 8.49. The van der Waals surface area contributed by atoms with Crippen LogP contribution in [0.4, 0.5) is 0 Å². The number of nitrogens with zero attached hydrogens (tertiary/aromatic N) is 3. The first-order valence-electron chi connectivity index (χ1n) is 10.6. The standard InChI is InChI=1S/C22H25N3O5/c26-17-2-1-7-23(12-17)21(28)19-18-5-8-24(20(27)14-6-9-30-13-14)10-15(18)11-25(22(19)29)16-3-4-16/h6,9,11,13,16-17,26H,1-5,7-8,10,12H2. The summed E-state index contributed by atoms with van der Waals surface area (Å²) >= 11 is 0. The molecule has 1 saturated heterocycles. The SMILES string of the molecule is O=C(c1ccoc1)N1CCc2c(cn(C3CC3)c(=O)c2C(=O)N2CCCC(O)C2)C1. The minimum Gasteiger partial charge on any atom is -0.472 e. The van der Waals surface area contributed by atoms with Crippen molar-refractivity contribution >= 4 is 11.8 Å². The van der Waals surface area contributed by atoms with Gasteiger partial charge in [0.25, 0.3) is 17.4 Å². The van der Waals surface area contributed by atoms with E-state index in [1.807, 2.05) is 6.20 Å². The minimum atomic E-state index is -0.545. The van der Waals surface area contributed by atoms with Crippen molar-refractivity contribution in [3.8, 4) is 0 Å². The molecule has 8 nitrogen and oxygen atoms in total. The summed E-state index contributed by atoms with van der Waals surface area (Å²) in [6, 6.07) is 1.76. The monoisotopic (exact) mass is 411 g/mol. The number of fused-ring (bicyclic) bond motifs is 1. The van der Waals surface area contributed by atoms with Gasteiger partial charge in [0.1, 0.15) is 11.8 Å². The first-order valence-corrected chi connectivity index (χ1v) is 10.6. The first kappa shape index (κ1) is 19.1. The molecule has 1 N–H and O–H groups in total. The highest BCUT2D eigenvalue weighted by atomic mass is 16.3. The average molecular weight is 411 g/mol. The van der Waals surface area contributed by atoms with E-state index in [0.717, 1.165) is 30.4 Å². The maximum atomic E-state index is 13.3. The Balaban J connectivity index is 1.51. The second-order valence-corrected chi connectivity index (χ2v) is 8.49. The number of carbonyl (C=O) groups excluding carboxylic acids is 2. The van der Waals surface area contributed by atoms with Crippen LogP contribution in [0.15, 0.2) is 34.0 Å². The van der Waals surface area contributed by atoms with Gasteiger partial charge in [0.05, 0.1) is 17.9 Å². The van der Waals surface area contributed by atoms with E-state index in [1.165, 1.54) is 12.5 Å². The van der Waals surface area contributed by atoms with Crippen molar-refractivity contribution in [3.63, 3.8) is 0 Å². The van der Waals surface area contributed by atoms with Crippen molar-refractivity contribution in [1.29, 1.82) is 0 Å². The molecule has 1 atom stereocenters. The number of hydrogen-bond acceptors (Lipinski definition) is 5. The Morgan fingerprint density at radius 3 is 2.63 bits per heavy atom. The zero-order chi connectivity index (χ0) is 20.8. The lowest BCUT2D eigenvalue weighted by Gasteiger charge is -2.33. The maximum absolute atomic E-state index is 13.3. The number of aromatic nitrogens is 1. The van der Waals surface area contributed by atoms with E-state index in [0.29, 0.717) is 38.0 Å². The number of pyridine rings is 1. The Labute approximate surface area is 173 Å². The summed E-state index contributed by atoms with van der Waals surface area (Å²) in [6.45, 7) is 1.60. The van der Waals surface area contributed by atoms with E-state index in [9.17, 15) is 19.5 Å². The zero-order valence-electron chi connectivity index (χ0n) is 16.7. The van der Waals surface area contributed by atoms with Crippen molar-refractivity contribution in [2.24, 2.45) is 0 Å². The molecule has 30 heavy (non-hydrogen) atoms. The molecule has 158 valence electrons. The largest absolute Gasteiger partial charge is 0.472 e. The third-order valence-corrected chi connectivity index (χ3v) is 6.32. The molecule has 5 rings (SSSR count). The molecule has 2 aromatic rings. The van der Waals surface area contributed by atoms with Gasteiger partial charge in [-0.1, -0.05) is 0 Å². The zero-order valence-corrected chi connectivity index (χ0v) is 16.7. The van der Waals surface area contributed by atoms with Crippen molar-refractivity contribution in [3.05, 3.63) is 57.4 Å². The summed E-state index contributed by atoms with van der Waals surface area (Å²) in [7, 11) is 0. The molecule has 1 saturated carbocycles. The molecule has 0 radical (unpaired) electrons. The number of furan rings is 1. The van der Waals surface area contributed by atoms with Crippen molar-refractivity contribution in [2.75, 3.05) is 19.6 Å². The number of aliphatic hydroxyl groups excluding tert-OH is 1. The average Bonchev–Trinajstić information content (AvgIpc) is 3.45. The number of rotatable bonds is 3. The Kier molecular flexibility index (Phi) is 4.73. The smallest absolute Gasteiger partial charge is 0.263 e. The fourth-order valence-corrected chi connectivity index (χ4v) is 4.56. The molecule has 8 heteroatoms. The van der Waals surface area contributed by atoms with Crippen LogP contribution in [0.3, 0.4) is 0 Å². The molecule has 2 aromatic heterocycles. The van der Waals surface area contributed by atoms with Crippen LogP contribution >= 0.6 is 0 Å². The van der Waals surface area contributed by atoms with E-state index >= 15 is 0 Å². The van der Waals surface area contributed by atoms with E-state index in [2.05, 4.69) is 0 Å². The van der Waals surface area contributed by atoms with Crippen LogP contribution in [0.25, 0.3) is 0 Å². The molecular formula is C22H25N3O5. The van der Waals surface area contributed by atoms with Gasteiger partial charge in [-0.15, -0.1) is 0 Å². The second kappa shape index (κ2) is 7.43. The van der Waals surface area contributed by atoms with Crippen LogP contribution in [-0.2, 0) is 13.0 Å². The fourth-order valence-electron chi connectivity index (χ4n) is 4.56. The van der Waals surface area contributed by atoms with Gasteiger partial charge in [0, 0.05) is 38.4 Å². The Hall–Kier alpha value is -2.87. The van der Waals surface area contributed by atoms with Crippen molar-refractivity contribution in [2.45, 2.75) is 50.8 Å². The lowest BCUT2D eigenvalue weighted by Crippen LogP contribution is -2.46. The quantitative estimate of drug-likeness (QED) is 0.827. The summed E-state index contributed by atoms with van der Waals surface area (Å²) in [5, 5.41) is 9.99. The topological polar surface area (TPSA) is 96.0 Å². The Morgan fingerprint density at radius 2 is 1.93 bits per heavy atom. The molecule has 1 aliphatic carbocycles.